The molecule has 0 nitrogen and oxygen atoms in total. The van der Waals surface area contributed by atoms with Crippen LogP contribution in [-0.4, -0.2) is 8.07 Å². The Balaban J connectivity index is 0.00000144. The molecule has 97 valence electrons. The van der Waals surface area contributed by atoms with E-state index in [2.05, 4.69) is 56.0 Å². The van der Waals surface area contributed by atoms with Crippen molar-refractivity contribution in [1.82, 2.24) is 0 Å². The molecular weight excluding hydrogens is 446 g/mol. The maximum atomic E-state index is 2.48. The van der Waals surface area contributed by atoms with Crippen molar-refractivity contribution in [2.75, 3.05) is 0 Å². The predicted octanol–water partition coefficient (Wildman–Crippen LogP) is 5.00. The molecule has 0 bridgehead atoms. The van der Waals surface area contributed by atoms with Gasteiger partial charge in [-0.15, -0.1) is 24.8 Å². The molecule has 4 heteroatoms. The molecule has 0 unspecified atom stereocenters. The smallest absolute Gasteiger partial charge is 0.147 e. The van der Waals surface area contributed by atoms with Crippen molar-refractivity contribution in [3.05, 3.63) is 50.5 Å². The zero-order valence-electron chi connectivity index (χ0n) is 11.0. The standard InChI is InChI=1S/C14H17Si.2ClH.Hf/c1-15(2,3)14-10-9-13(11-14)12-7-5-4-6-8-12;;;/h4-8,11H,10H2,1-3H3;2*1H;. The van der Waals surface area contributed by atoms with Gasteiger partial charge in [0.15, 0.2) is 0 Å². The first kappa shape index (κ1) is 18.4. The molecule has 0 aliphatic heterocycles. The monoisotopic (exact) mass is 465 g/mol. The first-order valence-electron chi connectivity index (χ1n) is 5.70. The molecule has 0 amide bonds. The van der Waals surface area contributed by atoms with E-state index in [4.69, 9.17) is 0 Å². The van der Waals surface area contributed by atoms with Crippen molar-refractivity contribution in [2.45, 2.75) is 26.1 Å². The second-order valence-corrected chi connectivity index (χ2v) is 12.7. The molecule has 18 heavy (non-hydrogen) atoms. The molecule has 2 rings (SSSR count). The molecule has 0 radical (unpaired) electrons. The Morgan fingerprint density at radius 3 is 2.00 bits per heavy atom. The van der Waals surface area contributed by atoms with E-state index >= 15 is 0 Å². The number of rotatable bonds is 2. The van der Waals surface area contributed by atoms with Crippen molar-refractivity contribution in [3.8, 4) is 0 Å². The summed E-state index contributed by atoms with van der Waals surface area (Å²) in [7, 11) is -1.10. The summed E-state index contributed by atoms with van der Waals surface area (Å²) in [6.07, 6.45) is 3.73. The number of hydrogen-bond donors (Lipinski definition) is 0. The van der Waals surface area contributed by atoms with Gasteiger partial charge in [-0.3, -0.25) is 0 Å². The van der Waals surface area contributed by atoms with Gasteiger partial charge in [-0.25, -0.2) is 0 Å². The van der Waals surface area contributed by atoms with Gasteiger partial charge < -0.3 is 0 Å². The quantitative estimate of drug-likeness (QED) is 0.541. The Kier molecular flexibility index (Phi) is 7.38. The van der Waals surface area contributed by atoms with Gasteiger partial charge in [0.05, 0.1) is 0 Å². The molecule has 1 aromatic rings. The minimum Gasteiger partial charge on any atom is -0.147 e. The van der Waals surface area contributed by atoms with Crippen LogP contribution in [0.15, 0.2) is 44.9 Å². The van der Waals surface area contributed by atoms with E-state index < -0.39 is 8.07 Å². The van der Waals surface area contributed by atoms with Crippen molar-refractivity contribution in [1.29, 1.82) is 0 Å². The van der Waals surface area contributed by atoms with Gasteiger partial charge in [-0.05, 0) is 0 Å². The normalized spacial score (nSPS) is 14.7. The van der Waals surface area contributed by atoms with Crippen molar-refractivity contribution in [3.63, 3.8) is 0 Å². The molecular formula is C14H19Cl2HfSi. The van der Waals surface area contributed by atoms with Gasteiger partial charge in [-0.1, -0.05) is 0 Å². The maximum absolute atomic E-state index is 2.48. The van der Waals surface area contributed by atoms with Crippen LogP contribution in [-0.2, 0) is 24.4 Å². The molecule has 0 spiro atoms. The predicted molar refractivity (Wildman–Crippen MR) is 83.9 cm³/mol. The van der Waals surface area contributed by atoms with Gasteiger partial charge in [0.1, 0.15) is 0 Å². The van der Waals surface area contributed by atoms with E-state index in [9.17, 15) is 0 Å². The van der Waals surface area contributed by atoms with E-state index in [0.717, 1.165) is 0 Å². The largest absolute Gasteiger partial charge is 0.147 e. The molecule has 1 aliphatic rings. The first-order chi connectivity index (χ1) is 7.48. The van der Waals surface area contributed by atoms with Gasteiger partial charge in [0.25, 0.3) is 0 Å². The van der Waals surface area contributed by atoms with E-state index in [0.29, 0.717) is 0 Å². The number of halogens is 2. The SMILES string of the molecule is C[Si](C)(C)C1=CC(c2ccccc2)=[C]([Hf])C1.Cl.Cl. The second kappa shape index (κ2) is 7.23. The van der Waals surface area contributed by atoms with E-state index in [1.54, 1.807) is 8.53 Å². The van der Waals surface area contributed by atoms with Crippen LogP contribution in [0.5, 0.6) is 0 Å². The van der Waals surface area contributed by atoms with Crippen LogP contribution in [0.4, 0.5) is 0 Å². The fourth-order valence-corrected chi connectivity index (χ4v) is 5.34. The Morgan fingerprint density at radius 1 is 1.00 bits per heavy atom. The van der Waals surface area contributed by atoms with Crippen LogP contribution in [0, 0.1) is 0 Å². The summed E-state index contributed by atoms with van der Waals surface area (Å²) in [4.78, 5) is 0. The van der Waals surface area contributed by atoms with Crippen LogP contribution in [0.3, 0.4) is 0 Å². The number of benzene rings is 1. The van der Waals surface area contributed by atoms with Gasteiger partial charge >= 0.3 is 115 Å². The molecule has 1 aromatic carbocycles. The maximum Gasteiger partial charge on any atom is -0.147 e. The van der Waals surface area contributed by atoms with Crippen LogP contribution < -0.4 is 0 Å². The van der Waals surface area contributed by atoms with Gasteiger partial charge in [0.2, 0.25) is 0 Å². The van der Waals surface area contributed by atoms with Crippen LogP contribution >= 0.6 is 24.8 Å². The molecule has 0 heterocycles. The summed E-state index contributed by atoms with van der Waals surface area (Å²) in [5.74, 6) is 0. The van der Waals surface area contributed by atoms with E-state index in [1.165, 1.54) is 41.9 Å². The minimum atomic E-state index is -1.10. The molecule has 0 aromatic heterocycles. The van der Waals surface area contributed by atoms with Crippen LogP contribution in [0.1, 0.15) is 12.0 Å². The zero-order chi connectivity index (χ0) is 11.8. The molecule has 1 aliphatic carbocycles. The summed E-state index contributed by atoms with van der Waals surface area (Å²) in [6, 6.07) is 10.8. The summed E-state index contributed by atoms with van der Waals surface area (Å²) in [5.41, 5.74) is 2.92. The molecule has 0 saturated heterocycles. The summed E-state index contributed by atoms with van der Waals surface area (Å²) in [5, 5.41) is 1.72. The van der Waals surface area contributed by atoms with Crippen LogP contribution in [0.2, 0.25) is 19.6 Å². The Hall–Kier alpha value is 0.367. The zero-order valence-corrected chi connectivity index (χ0v) is 17.2. The van der Waals surface area contributed by atoms with Crippen molar-refractivity contribution in [2.24, 2.45) is 0 Å². The van der Waals surface area contributed by atoms with Crippen LogP contribution in [0.25, 0.3) is 5.57 Å². The Labute approximate surface area is 138 Å². The molecule has 0 fully saturated rings. The average Bonchev–Trinajstić information content (AvgIpc) is 2.61. The second-order valence-electron chi connectivity index (χ2n) is 5.35. The summed E-state index contributed by atoms with van der Waals surface area (Å²) < 4.78 is 1.67. The van der Waals surface area contributed by atoms with Gasteiger partial charge in [0, 0.05) is 0 Å². The van der Waals surface area contributed by atoms with E-state index in [1.807, 2.05) is 0 Å². The molecule has 0 N–H and O–H groups in total. The molecule has 0 saturated carbocycles. The van der Waals surface area contributed by atoms with Crippen molar-refractivity contribution >= 4 is 38.5 Å². The third-order valence-corrected chi connectivity index (χ3v) is 6.91. The van der Waals surface area contributed by atoms with Gasteiger partial charge in [-0.2, -0.15) is 0 Å². The Bertz CT molecular complexity index is 458. The summed E-state index contributed by atoms with van der Waals surface area (Å²) in [6.45, 7) is 7.34. The fourth-order valence-electron chi connectivity index (χ4n) is 1.95. The third-order valence-electron chi connectivity index (χ3n) is 3.06. The average molecular weight is 465 g/mol. The molecule has 0 atom stereocenters. The van der Waals surface area contributed by atoms with Crippen molar-refractivity contribution < 1.29 is 24.4 Å². The summed E-state index contributed by atoms with van der Waals surface area (Å²) >= 11 is 1.19. The number of hydrogen-bond acceptors (Lipinski definition) is 0. The topological polar surface area (TPSA) is 0 Å². The minimum absolute atomic E-state index is 0. The first-order valence-corrected chi connectivity index (χ1v) is 11.0. The Morgan fingerprint density at radius 2 is 1.56 bits per heavy atom. The van der Waals surface area contributed by atoms with E-state index in [-0.39, 0.29) is 24.8 Å². The fraction of sp³-hybridized carbons (Fsp3) is 0.286. The number of allylic oxidation sites excluding steroid dienone is 4. The third kappa shape index (κ3) is 4.19.